The fourth-order valence-corrected chi connectivity index (χ4v) is 2.87. The van der Waals surface area contributed by atoms with Crippen molar-refractivity contribution in [2.75, 3.05) is 6.54 Å². The Bertz CT molecular complexity index is 461. The van der Waals surface area contributed by atoms with Gasteiger partial charge in [-0.05, 0) is 44.9 Å². The highest BCUT2D eigenvalue weighted by atomic mass is 32.2. The fourth-order valence-electron chi connectivity index (χ4n) is 1.82. The highest BCUT2D eigenvalue weighted by molar-refractivity contribution is 7.86. The summed E-state index contributed by atoms with van der Waals surface area (Å²) >= 11 is 0. The highest BCUT2D eigenvalue weighted by Crippen LogP contribution is 2.17. The summed E-state index contributed by atoms with van der Waals surface area (Å²) in [5.41, 5.74) is 1.03. The molecule has 94 valence electrons. The molecule has 1 atom stereocenters. The Morgan fingerprint density at radius 1 is 1.24 bits per heavy atom. The molecule has 1 aliphatic rings. The zero-order valence-electron chi connectivity index (χ0n) is 9.85. The van der Waals surface area contributed by atoms with Gasteiger partial charge in [-0.1, -0.05) is 17.7 Å². The summed E-state index contributed by atoms with van der Waals surface area (Å²) in [6.45, 7) is 2.73. The van der Waals surface area contributed by atoms with Crippen molar-refractivity contribution in [1.29, 1.82) is 0 Å². The van der Waals surface area contributed by atoms with E-state index < -0.39 is 10.1 Å². The molecule has 0 amide bonds. The van der Waals surface area contributed by atoms with Crippen LogP contribution >= 0.6 is 0 Å². The third kappa shape index (κ3) is 3.28. The second kappa shape index (κ2) is 5.16. The van der Waals surface area contributed by atoms with Gasteiger partial charge in [-0.3, -0.25) is 5.32 Å². The van der Waals surface area contributed by atoms with Gasteiger partial charge in [0.05, 0.1) is 4.90 Å². The van der Waals surface area contributed by atoms with Crippen LogP contribution in [0, 0.1) is 6.92 Å². The van der Waals surface area contributed by atoms with Crippen molar-refractivity contribution in [3.8, 4) is 0 Å². The lowest BCUT2D eigenvalue weighted by atomic mass is 10.1. The molecule has 0 radical (unpaired) electrons. The summed E-state index contributed by atoms with van der Waals surface area (Å²) in [4.78, 5) is 0.218. The molecule has 4 nitrogen and oxygen atoms in total. The first-order chi connectivity index (χ1) is 8.08. The lowest BCUT2D eigenvalue weighted by Gasteiger charge is -2.22. The fraction of sp³-hybridized carbons (Fsp3) is 0.500. The largest absolute Gasteiger partial charge is 0.298 e. The zero-order chi connectivity index (χ0) is 12.3. The molecule has 1 fully saturated rings. The Morgan fingerprint density at radius 2 is 1.94 bits per heavy atom. The maximum absolute atomic E-state index is 11.9. The summed E-state index contributed by atoms with van der Waals surface area (Å²) in [5.74, 6) is 0. The molecule has 1 N–H and O–H groups in total. The summed E-state index contributed by atoms with van der Waals surface area (Å²) in [5, 5.41) is 3.05. The van der Waals surface area contributed by atoms with Crippen molar-refractivity contribution in [3.05, 3.63) is 29.8 Å². The minimum atomic E-state index is -3.64. The summed E-state index contributed by atoms with van der Waals surface area (Å²) in [7, 11) is -3.64. The first kappa shape index (κ1) is 12.5. The van der Waals surface area contributed by atoms with Gasteiger partial charge in [0.25, 0.3) is 10.1 Å². The van der Waals surface area contributed by atoms with E-state index in [0.29, 0.717) is 0 Å². The molecule has 1 saturated heterocycles. The number of benzene rings is 1. The molecule has 1 heterocycles. The summed E-state index contributed by atoms with van der Waals surface area (Å²) in [6, 6.07) is 6.69. The number of piperidine rings is 1. The second-order valence-electron chi connectivity index (χ2n) is 4.30. The highest BCUT2D eigenvalue weighted by Gasteiger charge is 2.22. The normalized spacial score (nSPS) is 21.4. The van der Waals surface area contributed by atoms with Gasteiger partial charge in [0.15, 0.2) is 0 Å². The Balaban J connectivity index is 2.10. The zero-order valence-corrected chi connectivity index (χ0v) is 10.7. The number of rotatable bonds is 3. The van der Waals surface area contributed by atoms with E-state index in [1.165, 1.54) is 0 Å². The van der Waals surface area contributed by atoms with E-state index in [-0.39, 0.29) is 11.1 Å². The Morgan fingerprint density at radius 3 is 2.53 bits per heavy atom. The van der Waals surface area contributed by atoms with Gasteiger partial charge in [0, 0.05) is 0 Å². The average molecular weight is 255 g/mol. The minimum absolute atomic E-state index is 0.218. The van der Waals surface area contributed by atoms with E-state index >= 15 is 0 Å². The molecule has 0 bridgehead atoms. The number of hydrogen-bond donors (Lipinski definition) is 1. The summed E-state index contributed by atoms with van der Waals surface area (Å²) in [6.07, 6.45) is 2.44. The lowest BCUT2D eigenvalue weighted by Crippen LogP contribution is -2.37. The number of aryl methyl sites for hydroxylation is 1. The SMILES string of the molecule is Cc1ccc(S(=O)(=O)OC2CCCCN2)cc1. The third-order valence-electron chi connectivity index (χ3n) is 2.82. The second-order valence-corrected chi connectivity index (χ2v) is 5.87. The maximum atomic E-state index is 11.9. The standard InChI is InChI=1S/C12H17NO3S/c1-10-5-7-11(8-6-10)17(14,15)16-12-4-2-3-9-13-12/h5-8,12-13H,2-4,9H2,1H3. The average Bonchev–Trinajstić information content (AvgIpc) is 2.30. The van der Waals surface area contributed by atoms with Gasteiger partial charge >= 0.3 is 0 Å². The van der Waals surface area contributed by atoms with Crippen LogP contribution in [0.15, 0.2) is 29.2 Å². The lowest BCUT2D eigenvalue weighted by molar-refractivity contribution is 0.140. The molecule has 2 rings (SSSR count). The van der Waals surface area contributed by atoms with Crippen LogP contribution in [-0.2, 0) is 14.3 Å². The quantitative estimate of drug-likeness (QED) is 0.837. The Hall–Kier alpha value is -0.910. The predicted octanol–water partition coefficient (Wildman–Crippen LogP) is 1.80. The number of hydrogen-bond acceptors (Lipinski definition) is 4. The molecule has 1 aliphatic heterocycles. The first-order valence-corrected chi connectivity index (χ1v) is 7.22. The predicted molar refractivity (Wildman–Crippen MR) is 65.1 cm³/mol. The van der Waals surface area contributed by atoms with Crippen LogP contribution in [0.4, 0.5) is 0 Å². The van der Waals surface area contributed by atoms with E-state index in [2.05, 4.69) is 5.32 Å². The van der Waals surface area contributed by atoms with Crippen molar-refractivity contribution in [2.24, 2.45) is 0 Å². The van der Waals surface area contributed by atoms with Gasteiger partial charge in [-0.15, -0.1) is 0 Å². The molecule has 1 aromatic rings. The molecule has 1 aromatic carbocycles. The van der Waals surface area contributed by atoms with E-state index in [9.17, 15) is 8.42 Å². The summed E-state index contributed by atoms with van der Waals surface area (Å²) < 4.78 is 29.1. The van der Waals surface area contributed by atoms with Crippen LogP contribution in [-0.4, -0.2) is 21.2 Å². The monoisotopic (exact) mass is 255 g/mol. The molecule has 17 heavy (non-hydrogen) atoms. The van der Waals surface area contributed by atoms with E-state index in [4.69, 9.17) is 4.18 Å². The third-order valence-corrected chi connectivity index (χ3v) is 4.15. The molecule has 0 aliphatic carbocycles. The van der Waals surface area contributed by atoms with Gasteiger partial charge in [-0.25, -0.2) is 4.18 Å². The van der Waals surface area contributed by atoms with Crippen molar-refractivity contribution < 1.29 is 12.6 Å². The molecule has 1 unspecified atom stereocenters. The van der Waals surface area contributed by atoms with Crippen molar-refractivity contribution in [1.82, 2.24) is 5.32 Å². The van der Waals surface area contributed by atoms with E-state index in [1.807, 2.05) is 6.92 Å². The molecule has 5 heteroatoms. The van der Waals surface area contributed by atoms with Gasteiger partial charge in [0.2, 0.25) is 0 Å². The van der Waals surface area contributed by atoms with Gasteiger partial charge in [0.1, 0.15) is 6.23 Å². The first-order valence-electron chi connectivity index (χ1n) is 5.81. The molecule has 0 saturated carbocycles. The van der Waals surface area contributed by atoms with E-state index in [0.717, 1.165) is 31.4 Å². The molecular weight excluding hydrogens is 238 g/mol. The Kier molecular flexibility index (Phi) is 3.81. The maximum Gasteiger partial charge on any atom is 0.298 e. The van der Waals surface area contributed by atoms with Crippen molar-refractivity contribution in [2.45, 2.75) is 37.3 Å². The molecule has 0 spiro atoms. The van der Waals surface area contributed by atoms with Gasteiger partial charge < -0.3 is 0 Å². The van der Waals surface area contributed by atoms with Gasteiger partial charge in [-0.2, -0.15) is 8.42 Å². The number of nitrogens with one attached hydrogen (secondary N) is 1. The van der Waals surface area contributed by atoms with Crippen molar-refractivity contribution >= 4 is 10.1 Å². The van der Waals surface area contributed by atoms with Crippen molar-refractivity contribution in [3.63, 3.8) is 0 Å². The molecular formula is C12H17NO3S. The van der Waals surface area contributed by atoms with Crippen LogP contribution in [0.5, 0.6) is 0 Å². The minimum Gasteiger partial charge on any atom is -0.291 e. The van der Waals surface area contributed by atoms with Crippen LogP contribution in [0.1, 0.15) is 24.8 Å². The van der Waals surface area contributed by atoms with Crippen LogP contribution in [0.2, 0.25) is 0 Å². The smallest absolute Gasteiger partial charge is 0.291 e. The van der Waals surface area contributed by atoms with Crippen LogP contribution in [0.3, 0.4) is 0 Å². The van der Waals surface area contributed by atoms with E-state index in [1.54, 1.807) is 24.3 Å². The topological polar surface area (TPSA) is 55.4 Å². The molecule has 0 aromatic heterocycles. The van der Waals surface area contributed by atoms with Crippen LogP contribution in [0.25, 0.3) is 0 Å². The Labute approximate surface area is 102 Å². The van der Waals surface area contributed by atoms with Crippen LogP contribution < -0.4 is 5.32 Å².